The highest BCUT2D eigenvalue weighted by atomic mass is 16.3. The second kappa shape index (κ2) is 5.05. The smallest absolute Gasteiger partial charge is 0.217 e. The van der Waals surface area contributed by atoms with E-state index in [1.807, 2.05) is 29.2 Å². The third-order valence-electron chi connectivity index (χ3n) is 3.64. The minimum absolute atomic E-state index is 0.131. The van der Waals surface area contributed by atoms with Crippen molar-refractivity contribution in [2.24, 2.45) is 11.7 Å². The number of hydrogen-bond acceptors (Lipinski definition) is 5. The molecule has 0 aliphatic carbocycles. The van der Waals surface area contributed by atoms with Gasteiger partial charge in [-0.1, -0.05) is 0 Å². The van der Waals surface area contributed by atoms with Gasteiger partial charge in [0.1, 0.15) is 5.82 Å². The largest absolute Gasteiger partial charge is 0.391 e. The monoisotopic (exact) mass is 272 g/mol. The molecule has 0 radical (unpaired) electrons. The molecular weight excluding hydrogens is 256 g/mol. The van der Waals surface area contributed by atoms with Crippen LogP contribution in [-0.2, 0) is 4.79 Å². The molecule has 1 saturated heterocycles. The number of nitrogens with two attached hydrogens (primary N) is 1. The van der Waals surface area contributed by atoms with Crippen molar-refractivity contribution in [3.05, 3.63) is 30.5 Å². The van der Waals surface area contributed by atoms with Gasteiger partial charge >= 0.3 is 0 Å². The fourth-order valence-electron chi connectivity index (χ4n) is 2.62. The average molecular weight is 272 g/mol. The summed E-state index contributed by atoms with van der Waals surface area (Å²) in [6.45, 7) is 1.04. The zero-order chi connectivity index (χ0) is 14.1. The number of β-amino-alcohol motifs (C(OH)–C–C–N with tert-alkyl or cyclic N) is 1. The Hall–Kier alpha value is -2.21. The first-order chi connectivity index (χ1) is 9.63. The van der Waals surface area contributed by atoms with Gasteiger partial charge in [-0.25, -0.2) is 9.97 Å². The molecule has 6 nitrogen and oxygen atoms in total. The lowest BCUT2D eigenvalue weighted by Gasteiger charge is -2.17. The van der Waals surface area contributed by atoms with E-state index >= 15 is 0 Å². The number of aliphatic hydroxyl groups excluding tert-OH is 1. The summed E-state index contributed by atoms with van der Waals surface area (Å²) in [5.41, 5.74) is 5.88. The highest BCUT2D eigenvalue weighted by molar-refractivity contribution is 5.76. The normalized spacial score (nSPS) is 22.4. The lowest BCUT2D eigenvalue weighted by atomic mass is 10.0. The summed E-state index contributed by atoms with van der Waals surface area (Å²) < 4.78 is 0. The van der Waals surface area contributed by atoms with E-state index < -0.39 is 6.10 Å². The number of nitrogens with zero attached hydrogens (tertiary/aromatic N) is 3. The molecule has 3 N–H and O–H groups in total. The molecule has 1 aliphatic rings. The number of amides is 1. The summed E-state index contributed by atoms with van der Waals surface area (Å²) in [4.78, 5) is 21.7. The lowest BCUT2D eigenvalue weighted by Crippen LogP contribution is -2.24. The van der Waals surface area contributed by atoms with Crippen LogP contribution in [0, 0.1) is 5.92 Å². The van der Waals surface area contributed by atoms with Crippen LogP contribution in [0.5, 0.6) is 0 Å². The summed E-state index contributed by atoms with van der Waals surface area (Å²) in [5.74, 6) is 0.250. The van der Waals surface area contributed by atoms with Gasteiger partial charge in [0.15, 0.2) is 5.65 Å². The van der Waals surface area contributed by atoms with E-state index in [9.17, 15) is 9.90 Å². The Morgan fingerprint density at radius 1 is 1.40 bits per heavy atom. The predicted molar refractivity (Wildman–Crippen MR) is 75.1 cm³/mol. The Labute approximate surface area is 116 Å². The quantitative estimate of drug-likeness (QED) is 0.838. The Bertz CT molecular complexity index is 646. The molecule has 1 amide bonds. The van der Waals surface area contributed by atoms with Gasteiger partial charge in [0.05, 0.1) is 6.10 Å². The average Bonchev–Trinajstić information content (AvgIpc) is 2.79. The second-order valence-electron chi connectivity index (χ2n) is 5.12. The molecule has 3 rings (SSSR count). The van der Waals surface area contributed by atoms with E-state index in [0.717, 1.165) is 11.2 Å². The maximum Gasteiger partial charge on any atom is 0.217 e. The van der Waals surface area contributed by atoms with Gasteiger partial charge in [-0.15, -0.1) is 0 Å². The molecule has 20 heavy (non-hydrogen) atoms. The third-order valence-corrected chi connectivity index (χ3v) is 3.64. The van der Waals surface area contributed by atoms with Crippen molar-refractivity contribution in [2.75, 3.05) is 18.0 Å². The van der Waals surface area contributed by atoms with Crippen molar-refractivity contribution in [1.29, 1.82) is 0 Å². The van der Waals surface area contributed by atoms with Crippen LogP contribution in [0.1, 0.15) is 6.42 Å². The minimum atomic E-state index is -0.552. The molecule has 1 fully saturated rings. The van der Waals surface area contributed by atoms with Crippen LogP contribution in [0.3, 0.4) is 0 Å². The predicted octanol–water partition coefficient (Wildman–Crippen LogP) is 0.302. The number of anilines is 1. The Morgan fingerprint density at radius 2 is 2.25 bits per heavy atom. The van der Waals surface area contributed by atoms with E-state index in [0.29, 0.717) is 18.7 Å². The summed E-state index contributed by atoms with van der Waals surface area (Å²) in [7, 11) is 0. The molecular formula is C14H16N4O2. The first-order valence-electron chi connectivity index (χ1n) is 6.56. The Kier molecular flexibility index (Phi) is 3.23. The maximum atomic E-state index is 11.0. The van der Waals surface area contributed by atoms with Crippen molar-refractivity contribution < 1.29 is 9.90 Å². The van der Waals surface area contributed by atoms with Crippen LogP contribution in [0.25, 0.3) is 11.0 Å². The number of carbonyl (C=O) groups is 1. The van der Waals surface area contributed by atoms with Gasteiger partial charge < -0.3 is 15.7 Å². The van der Waals surface area contributed by atoms with Crippen molar-refractivity contribution in [2.45, 2.75) is 12.5 Å². The highest BCUT2D eigenvalue weighted by Crippen LogP contribution is 2.25. The Morgan fingerprint density at radius 3 is 3.05 bits per heavy atom. The molecule has 0 aromatic carbocycles. The number of primary amides is 1. The number of aromatic nitrogens is 2. The number of carbonyl (C=O) groups excluding carboxylic acids is 1. The van der Waals surface area contributed by atoms with Crippen molar-refractivity contribution in [1.82, 2.24) is 9.97 Å². The van der Waals surface area contributed by atoms with Crippen LogP contribution in [-0.4, -0.2) is 40.2 Å². The van der Waals surface area contributed by atoms with Crippen LogP contribution in [0.15, 0.2) is 30.5 Å². The van der Waals surface area contributed by atoms with E-state index in [1.54, 1.807) is 6.20 Å². The number of rotatable bonds is 3. The van der Waals surface area contributed by atoms with Crippen LogP contribution in [0.2, 0.25) is 0 Å². The molecule has 2 atom stereocenters. The topological polar surface area (TPSA) is 92.3 Å². The summed E-state index contributed by atoms with van der Waals surface area (Å²) in [5, 5.41) is 11.0. The fourth-order valence-corrected chi connectivity index (χ4v) is 2.62. The van der Waals surface area contributed by atoms with Crippen LogP contribution < -0.4 is 10.6 Å². The summed E-state index contributed by atoms with van der Waals surface area (Å²) in [6.07, 6.45) is 1.35. The molecule has 6 heteroatoms. The van der Waals surface area contributed by atoms with E-state index in [1.165, 1.54) is 0 Å². The van der Waals surface area contributed by atoms with E-state index in [2.05, 4.69) is 9.97 Å². The van der Waals surface area contributed by atoms with Gasteiger partial charge in [0.2, 0.25) is 5.91 Å². The van der Waals surface area contributed by atoms with Crippen molar-refractivity contribution >= 4 is 22.8 Å². The zero-order valence-electron chi connectivity index (χ0n) is 10.9. The van der Waals surface area contributed by atoms with Crippen LogP contribution in [0.4, 0.5) is 5.82 Å². The standard InChI is InChI=1S/C14H16N4O2/c15-12(20)6-10-7-18(8-11(10)19)13-4-3-9-2-1-5-16-14(9)17-13/h1-5,10-11,19H,6-8H2,(H2,15,20)/t10-,11-/m1/s1. The van der Waals surface area contributed by atoms with Crippen LogP contribution >= 0.6 is 0 Å². The van der Waals surface area contributed by atoms with Crippen molar-refractivity contribution in [3.8, 4) is 0 Å². The first-order valence-corrected chi connectivity index (χ1v) is 6.56. The molecule has 3 heterocycles. The van der Waals surface area contributed by atoms with Gasteiger partial charge in [-0.2, -0.15) is 0 Å². The molecule has 0 bridgehead atoms. The summed E-state index contributed by atoms with van der Waals surface area (Å²) >= 11 is 0. The van der Waals surface area contributed by atoms with E-state index in [-0.39, 0.29) is 18.2 Å². The highest BCUT2D eigenvalue weighted by Gasteiger charge is 2.33. The number of fused-ring (bicyclic) bond motifs is 1. The zero-order valence-corrected chi connectivity index (χ0v) is 10.9. The molecule has 104 valence electrons. The molecule has 0 unspecified atom stereocenters. The molecule has 0 saturated carbocycles. The third kappa shape index (κ3) is 2.42. The molecule has 2 aromatic rings. The van der Waals surface area contributed by atoms with Crippen molar-refractivity contribution in [3.63, 3.8) is 0 Å². The number of hydrogen-bond donors (Lipinski definition) is 2. The maximum absolute atomic E-state index is 11.0. The number of aliphatic hydroxyl groups is 1. The molecule has 0 spiro atoms. The lowest BCUT2D eigenvalue weighted by molar-refractivity contribution is -0.119. The SMILES string of the molecule is NC(=O)C[C@@H]1CN(c2ccc3cccnc3n2)C[C@H]1O. The fraction of sp³-hybridized carbons (Fsp3) is 0.357. The summed E-state index contributed by atoms with van der Waals surface area (Å²) in [6, 6.07) is 7.68. The molecule has 2 aromatic heterocycles. The van der Waals surface area contributed by atoms with Gasteiger partial charge in [-0.05, 0) is 24.3 Å². The first kappa shape index (κ1) is 12.8. The number of pyridine rings is 2. The minimum Gasteiger partial charge on any atom is -0.391 e. The van der Waals surface area contributed by atoms with E-state index in [4.69, 9.17) is 5.73 Å². The van der Waals surface area contributed by atoms with Gasteiger partial charge in [0.25, 0.3) is 0 Å². The molecule has 1 aliphatic heterocycles. The Balaban J connectivity index is 1.83. The van der Waals surface area contributed by atoms with Gasteiger partial charge in [0, 0.05) is 37.0 Å². The van der Waals surface area contributed by atoms with Gasteiger partial charge in [-0.3, -0.25) is 4.79 Å². The second-order valence-corrected chi connectivity index (χ2v) is 5.12.